The number of methoxy groups -OCH3 is 1. The first-order chi connectivity index (χ1) is 9.10. The van der Waals surface area contributed by atoms with Crippen LogP contribution in [0.25, 0.3) is 0 Å². The van der Waals surface area contributed by atoms with E-state index in [-0.39, 0.29) is 11.8 Å². The van der Waals surface area contributed by atoms with Crippen LogP contribution in [-0.4, -0.2) is 13.0 Å². The number of carbonyl (C=O) groups excluding carboxylic acids is 1. The Morgan fingerprint density at radius 3 is 2.79 bits per heavy atom. The van der Waals surface area contributed by atoms with Crippen LogP contribution in [-0.2, 0) is 4.79 Å². The third-order valence-electron chi connectivity index (χ3n) is 4.00. The Balaban J connectivity index is 2.02. The molecule has 104 valence electrons. The molecule has 1 aliphatic carbocycles. The van der Waals surface area contributed by atoms with Crippen LogP contribution < -0.4 is 10.1 Å². The molecule has 3 heteroatoms. The molecule has 2 atom stereocenters. The van der Waals surface area contributed by atoms with Crippen molar-refractivity contribution in [1.82, 2.24) is 0 Å². The summed E-state index contributed by atoms with van der Waals surface area (Å²) in [6.45, 7) is 4.22. The maximum absolute atomic E-state index is 12.3. The number of aryl methyl sites for hydroxylation is 1. The van der Waals surface area contributed by atoms with E-state index in [1.807, 2.05) is 25.1 Å². The number of carbonyl (C=O) groups is 1. The molecule has 1 aliphatic rings. The Bertz CT molecular complexity index is 456. The second-order valence-corrected chi connectivity index (χ2v) is 5.64. The quantitative estimate of drug-likeness (QED) is 0.899. The largest absolute Gasteiger partial charge is 0.497 e. The standard InChI is InChI=1S/C16H23NO2/c1-11-5-4-6-13(9-11)16(18)17-15-8-7-14(19-3)10-12(15)2/h7-8,10-11,13H,4-6,9H2,1-3H3,(H,17,18). The first kappa shape index (κ1) is 13.9. The fraction of sp³-hybridized carbons (Fsp3) is 0.562. The third kappa shape index (κ3) is 3.49. The van der Waals surface area contributed by atoms with Gasteiger partial charge < -0.3 is 10.1 Å². The summed E-state index contributed by atoms with van der Waals surface area (Å²) in [7, 11) is 1.65. The summed E-state index contributed by atoms with van der Waals surface area (Å²) < 4.78 is 5.17. The molecule has 0 radical (unpaired) electrons. The normalized spacial score (nSPS) is 22.9. The maximum Gasteiger partial charge on any atom is 0.227 e. The van der Waals surface area contributed by atoms with Crippen molar-refractivity contribution in [3.8, 4) is 5.75 Å². The van der Waals surface area contributed by atoms with Crippen LogP contribution in [0.4, 0.5) is 5.69 Å². The summed E-state index contributed by atoms with van der Waals surface area (Å²) in [6.07, 6.45) is 4.46. The number of anilines is 1. The van der Waals surface area contributed by atoms with E-state index in [0.717, 1.165) is 29.8 Å². The van der Waals surface area contributed by atoms with Crippen molar-refractivity contribution in [3.63, 3.8) is 0 Å². The fourth-order valence-electron chi connectivity index (χ4n) is 2.81. The second kappa shape index (κ2) is 6.09. The minimum atomic E-state index is 0.166. The topological polar surface area (TPSA) is 38.3 Å². The van der Waals surface area contributed by atoms with Gasteiger partial charge in [0, 0.05) is 11.6 Å². The van der Waals surface area contributed by atoms with E-state index < -0.39 is 0 Å². The fourth-order valence-corrected chi connectivity index (χ4v) is 2.81. The first-order valence-corrected chi connectivity index (χ1v) is 7.05. The van der Waals surface area contributed by atoms with Crippen molar-refractivity contribution in [2.75, 3.05) is 12.4 Å². The molecule has 1 aromatic rings. The lowest BCUT2D eigenvalue weighted by Gasteiger charge is -2.26. The molecule has 0 heterocycles. The molecule has 1 amide bonds. The summed E-state index contributed by atoms with van der Waals surface area (Å²) in [6, 6.07) is 5.74. The van der Waals surface area contributed by atoms with Crippen molar-refractivity contribution < 1.29 is 9.53 Å². The molecule has 2 rings (SSSR count). The van der Waals surface area contributed by atoms with Crippen LogP contribution in [0.1, 0.15) is 38.2 Å². The highest BCUT2D eigenvalue weighted by molar-refractivity contribution is 5.93. The second-order valence-electron chi connectivity index (χ2n) is 5.64. The number of nitrogens with one attached hydrogen (secondary N) is 1. The Kier molecular flexibility index (Phi) is 4.46. The van der Waals surface area contributed by atoms with E-state index in [0.29, 0.717) is 5.92 Å². The molecule has 1 N–H and O–H groups in total. The molecule has 0 saturated heterocycles. The van der Waals surface area contributed by atoms with E-state index in [2.05, 4.69) is 12.2 Å². The number of ether oxygens (including phenoxy) is 1. The van der Waals surface area contributed by atoms with Crippen molar-refractivity contribution in [1.29, 1.82) is 0 Å². The third-order valence-corrected chi connectivity index (χ3v) is 4.00. The lowest BCUT2D eigenvalue weighted by molar-refractivity contribution is -0.121. The molecule has 19 heavy (non-hydrogen) atoms. The van der Waals surface area contributed by atoms with Crippen LogP contribution in [0, 0.1) is 18.8 Å². The number of benzene rings is 1. The number of hydrogen-bond acceptors (Lipinski definition) is 2. The van der Waals surface area contributed by atoms with Gasteiger partial charge in [-0.25, -0.2) is 0 Å². The SMILES string of the molecule is COc1ccc(NC(=O)C2CCCC(C)C2)c(C)c1. The molecule has 1 aromatic carbocycles. The van der Waals surface area contributed by atoms with E-state index in [4.69, 9.17) is 4.74 Å². The zero-order valence-electron chi connectivity index (χ0n) is 12.0. The Hall–Kier alpha value is -1.51. The Morgan fingerprint density at radius 1 is 1.37 bits per heavy atom. The van der Waals surface area contributed by atoms with E-state index >= 15 is 0 Å². The van der Waals surface area contributed by atoms with Gasteiger partial charge in [0.1, 0.15) is 5.75 Å². The zero-order chi connectivity index (χ0) is 13.8. The van der Waals surface area contributed by atoms with Crippen LogP contribution in [0.2, 0.25) is 0 Å². The summed E-state index contributed by atoms with van der Waals surface area (Å²) in [5, 5.41) is 3.06. The van der Waals surface area contributed by atoms with Crippen molar-refractivity contribution in [3.05, 3.63) is 23.8 Å². The predicted molar refractivity (Wildman–Crippen MR) is 77.5 cm³/mol. The molecular formula is C16H23NO2. The summed E-state index contributed by atoms with van der Waals surface area (Å²) in [5.41, 5.74) is 1.93. The molecule has 1 saturated carbocycles. The molecule has 0 spiro atoms. The molecular weight excluding hydrogens is 238 g/mol. The van der Waals surface area contributed by atoms with Gasteiger partial charge in [-0.1, -0.05) is 19.8 Å². The van der Waals surface area contributed by atoms with Crippen LogP contribution in [0.15, 0.2) is 18.2 Å². The summed E-state index contributed by atoms with van der Waals surface area (Å²) >= 11 is 0. The number of rotatable bonds is 3. The van der Waals surface area contributed by atoms with Gasteiger partial charge in [0.2, 0.25) is 5.91 Å². The van der Waals surface area contributed by atoms with Gasteiger partial charge in [-0.15, -0.1) is 0 Å². The highest BCUT2D eigenvalue weighted by Gasteiger charge is 2.25. The summed E-state index contributed by atoms with van der Waals surface area (Å²) in [5.74, 6) is 1.83. The van der Waals surface area contributed by atoms with Gasteiger partial charge in [0.05, 0.1) is 7.11 Å². The summed E-state index contributed by atoms with van der Waals surface area (Å²) in [4.78, 5) is 12.3. The van der Waals surface area contributed by atoms with Gasteiger partial charge in [0.15, 0.2) is 0 Å². The first-order valence-electron chi connectivity index (χ1n) is 7.05. The Morgan fingerprint density at radius 2 is 2.16 bits per heavy atom. The molecule has 0 aromatic heterocycles. The average Bonchev–Trinajstić information content (AvgIpc) is 2.41. The molecule has 2 unspecified atom stereocenters. The minimum Gasteiger partial charge on any atom is -0.497 e. The Labute approximate surface area is 115 Å². The van der Waals surface area contributed by atoms with E-state index in [9.17, 15) is 4.79 Å². The van der Waals surface area contributed by atoms with Crippen molar-refractivity contribution in [2.45, 2.75) is 39.5 Å². The van der Waals surface area contributed by atoms with Gasteiger partial charge in [-0.2, -0.15) is 0 Å². The minimum absolute atomic E-state index is 0.166. The molecule has 1 fully saturated rings. The molecule has 0 aliphatic heterocycles. The highest BCUT2D eigenvalue weighted by Crippen LogP contribution is 2.30. The zero-order valence-corrected chi connectivity index (χ0v) is 12.0. The van der Waals surface area contributed by atoms with Crippen LogP contribution in [0.3, 0.4) is 0 Å². The van der Waals surface area contributed by atoms with Gasteiger partial charge in [0.25, 0.3) is 0 Å². The molecule has 3 nitrogen and oxygen atoms in total. The van der Waals surface area contributed by atoms with E-state index in [1.165, 1.54) is 12.8 Å². The lowest BCUT2D eigenvalue weighted by Crippen LogP contribution is -2.27. The molecule has 0 bridgehead atoms. The van der Waals surface area contributed by atoms with E-state index in [1.54, 1.807) is 7.11 Å². The average molecular weight is 261 g/mol. The lowest BCUT2D eigenvalue weighted by atomic mass is 9.82. The van der Waals surface area contributed by atoms with Crippen molar-refractivity contribution >= 4 is 11.6 Å². The maximum atomic E-state index is 12.3. The monoisotopic (exact) mass is 261 g/mol. The predicted octanol–water partition coefficient (Wildman–Crippen LogP) is 3.77. The highest BCUT2D eigenvalue weighted by atomic mass is 16.5. The van der Waals surface area contributed by atoms with Gasteiger partial charge in [-0.3, -0.25) is 4.79 Å². The van der Waals surface area contributed by atoms with Gasteiger partial charge in [-0.05, 0) is 49.4 Å². The number of hydrogen-bond donors (Lipinski definition) is 1. The van der Waals surface area contributed by atoms with Crippen molar-refractivity contribution in [2.24, 2.45) is 11.8 Å². The van der Waals surface area contributed by atoms with Gasteiger partial charge >= 0.3 is 0 Å². The smallest absolute Gasteiger partial charge is 0.227 e. The van der Waals surface area contributed by atoms with Crippen LogP contribution >= 0.6 is 0 Å². The number of amides is 1. The van der Waals surface area contributed by atoms with Crippen LogP contribution in [0.5, 0.6) is 5.75 Å².